The Bertz CT molecular complexity index is 1420. The smallest absolute Gasteiger partial charge is 0.297 e. The molecule has 9 nitrogen and oxygen atoms in total. The molecule has 0 spiro atoms. The summed E-state index contributed by atoms with van der Waals surface area (Å²) in [6.07, 6.45) is 1.38. The molecule has 2 aromatic heterocycles. The molecule has 1 saturated heterocycles. The van der Waals surface area contributed by atoms with Gasteiger partial charge in [0.1, 0.15) is 23.5 Å². The van der Waals surface area contributed by atoms with Crippen LogP contribution in [0.3, 0.4) is 0 Å². The van der Waals surface area contributed by atoms with E-state index in [4.69, 9.17) is 4.42 Å². The summed E-state index contributed by atoms with van der Waals surface area (Å²) >= 11 is 0. The number of rotatable bonds is 5. The number of nitrogens with one attached hydrogen (secondary N) is 1. The lowest BCUT2D eigenvalue weighted by Crippen LogP contribution is -2.51. The number of fused-ring (bicyclic) bond motifs is 3. The van der Waals surface area contributed by atoms with Gasteiger partial charge in [0.2, 0.25) is 17.4 Å². The molecule has 34 heavy (non-hydrogen) atoms. The number of benzene rings is 2. The monoisotopic (exact) mass is 463 g/mol. The fourth-order valence-corrected chi connectivity index (χ4v) is 4.07. The van der Waals surface area contributed by atoms with Crippen LogP contribution in [0.1, 0.15) is 0 Å². The summed E-state index contributed by atoms with van der Waals surface area (Å²) in [5, 5.41) is 3.49. The maximum absolute atomic E-state index is 13.0. The summed E-state index contributed by atoms with van der Waals surface area (Å²) in [5.41, 5.74) is 1.32. The Morgan fingerprint density at radius 2 is 1.74 bits per heavy atom. The van der Waals surface area contributed by atoms with Gasteiger partial charge in [0.15, 0.2) is 0 Å². The molecule has 0 aliphatic carbocycles. The van der Waals surface area contributed by atoms with Gasteiger partial charge in [-0.3, -0.25) is 23.9 Å². The number of aromatic nitrogens is 2. The van der Waals surface area contributed by atoms with Gasteiger partial charge in [-0.1, -0.05) is 12.1 Å². The predicted octanol–water partition coefficient (Wildman–Crippen LogP) is 2.06. The van der Waals surface area contributed by atoms with Gasteiger partial charge in [0.05, 0.1) is 12.9 Å². The van der Waals surface area contributed by atoms with E-state index in [1.165, 1.54) is 35.2 Å². The van der Waals surface area contributed by atoms with Crippen molar-refractivity contribution in [3.05, 3.63) is 71.0 Å². The molecular formula is C24H22FN5O4. The minimum absolute atomic E-state index is 0.133. The average molecular weight is 463 g/mol. The Morgan fingerprint density at radius 3 is 2.50 bits per heavy atom. The zero-order chi connectivity index (χ0) is 23.7. The lowest BCUT2D eigenvalue weighted by atomic mass is 10.2. The van der Waals surface area contributed by atoms with E-state index in [1.54, 1.807) is 11.0 Å². The molecule has 1 aliphatic heterocycles. The second kappa shape index (κ2) is 9.06. The highest BCUT2D eigenvalue weighted by atomic mass is 19.1. The molecule has 2 aromatic carbocycles. The summed E-state index contributed by atoms with van der Waals surface area (Å²) in [6, 6.07) is 12.8. The second-order valence-corrected chi connectivity index (χ2v) is 8.17. The Morgan fingerprint density at radius 1 is 1.00 bits per heavy atom. The van der Waals surface area contributed by atoms with Crippen molar-refractivity contribution >= 4 is 39.6 Å². The number of carbonyl (C=O) groups is 2. The van der Waals surface area contributed by atoms with Gasteiger partial charge in [-0.2, -0.15) is 0 Å². The van der Waals surface area contributed by atoms with E-state index in [1.807, 2.05) is 23.1 Å². The number of nitrogens with zero attached hydrogens (tertiary/aromatic N) is 4. The number of anilines is 1. The minimum Gasteiger partial charge on any atom is -0.448 e. The van der Waals surface area contributed by atoms with Crippen LogP contribution >= 0.6 is 0 Å². The molecule has 0 unspecified atom stereocenters. The molecular weight excluding hydrogens is 441 g/mol. The molecule has 5 rings (SSSR count). The molecule has 3 heterocycles. The third-order valence-electron chi connectivity index (χ3n) is 5.88. The fraction of sp³-hybridized carbons (Fsp3) is 0.250. The molecule has 1 aliphatic rings. The molecule has 0 saturated carbocycles. The van der Waals surface area contributed by atoms with Gasteiger partial charge < -0.3 is 14.6 Å². The Kier molecular flexibility index (Phi) is 5.81. The highest BCUT2D eigenvalue weighted by molar-refractivity contribution is 6.01. The third-order valence-corrected chi connectivity index (χ3v) is 5.88. The number of piperazine rings is 1. The molecule has 1 N–H and O–H groups in total. The zero-order valence-electron chi connectivity index (χ0n) is 18.2. The lowest BCUT2D eigenvalue weighted by molar-refractivity contribution is -0.133. The Balaban J connectivity index is 1.17. The summed E-state index contributed by atoms with van der Waals surface area (Å²) in [6.45, 7) is 1.97. The topological polar surface area (TPSA) is 101 Å². The van der Waals surface area contributed by atoms with Crippen molar-refractivity contribution in [2.45, 2.75) is 6.54 Å². The SMILES string of the molecule is O=C(CN1CCN(C(=O)Cn2cnc3c(oc4ccccc43)c2=O)CC1)Nc1ccc(F)cc1. The molecule has 1 fully saturated rings. The first-order chi connectivity index (χ1) is 16.5. The zero-order valence-corrected chi connectivity index (χ0v) is 18.2. The first-order valence-electron chi connectivity index (χ1n) is 10.9. The highest BCUT2D eigenvalue weighted by Crippen LogP contribution is 2.24. The van der Waals surface area contributed by atoms with Crippen LogP contribution in [0, 0.1) is 5.82 Å². The van der Waals surface area contributed by atoms with Crippen molar-refractivity contribution in [1.29, 1.82) is 0 Å². The van der Waals surface area contributed by atoms with Crippen LogP contribution in [0.4, 0.5) is 10.1 Å². The normalized spacial score (nSPS) is 14.6. The standard InChI is InChI=1S/C24H22FN5O4/c25-16-5-7-17(8-6-16)27-20(31)13-28-9-11-29(12-10-28)21(32)14-30-15-26-22-18-3-1-2-4-19(18)34-23(22)24(30)33/h1-8,15H,9-14H2,(H,27,31). The van der Waals surface area contributed by atoms with E-state index < -0.39 is 5.56 Å². The average Bonchev–Trinajstić information content (AvgIpc) is 3.22. The largest absolute Gasteiger partial charge is 0.448 e. The number of hydrogen-bond acceptors (Lipinski definition) is 6. The summed E-state index contributed by atoms with van der Waals surface area (Å²) in [4.78, 5) is 45.8. The molecule has 0 bridgehead atoms. The summed E-state index contributed by atoms with van der Waals surface area (Å²) in [5.74, 6) is -0.771. The van der Waals surface area contributed by atoms with Crippen molar-refractivity contribution in [3.63, 3.8) is 0 Å². The van der Waals surface area contributed by atoms with Gasteiger partial charge in [-0.15, -0.1) is 0 Å². The Labute approximate surface area is 193 Å². The van der Waals surface area contributed by atoms with E-state index in [0.717, 1.165) is 5.39 Å². The molecule has 4 aromatic rings. The molecule has 10 heteroatoms. The number of carbonyl (C=O) groups excluding carboxylic acids is 2. The van der Waals surface area contributed by atoms with Gasteiger partial charge in [0, 0.05) is 37.3 Å². The van der Waals surface area contributed by atoms with Crippen molar-refractivity contribution in [2.75, 3.05) is 38.0 Å². The predicted molar refractivity (Wildman–Crippen MR) is 124 cm³/mol. The molecule has 174 valence electrons. The van der Waals surface area contributed by atoms with Gasteiger partial charge in [-0.05, 0) is 36.4 Å². The van der Waals surface area contributed by atoms with E-state index in [-0.39, 0.29) is 36.3 Å². The quantitative estimate of drug-likeness (QED) is 0.486. The van der Waals surface area contributed by atoms with E-state index in [0.29, 0.717) is 43.0 Å². The van der Waals surface area contributed by atoms with Gasteiger partial charge in [-0.25, -0.2) is 9.37 Å². The first-order valence-corrected chi connectivity index (χ1v) is 10.9. The van der Waals surface area contributed by atoms with E-state index in [2.05, 4.69) is 10.3 Å². The molecule has 0 radical (unpaired) electrons. The van der Waals surface area contributed by atoms with Crippen LogP contribution in [0.5, 0.6) is 0 Å². The molecule has 2 amide bonds. The third kappa shape index (κ3) is 4.40. The minimum atomic E-state index is -0.398. The number of furan rings is 1. The second-order valence-electron chi connectivity index (χ2n) is 8.17. The number of hydrogen-bond donors (Lipinski definition) is 1. The first kappa shape index (κ1) is 21.8. The number of amides is 2. The van der Waals surface area contributed by atoms with Crippen LogP contribution in [-0.2, 0) is 16.1 Å². The van der Waals surface area contributed by atoms with Crippen molar-refractivity contribution in [2.24, 2.45) is 0 Å². The van der Waals surface area contributed by atoms with Gasteiger partial charge >= 0.3 is 0 Å². The Hall–Kier alpha value is -4.05. The fourth-order valence-electron chi connectivity index (χ4n) is 4.07. The van der Waals surface area contributed by atoms with Crippen LogP contribution in [0.25, 0.3) is 22.1 Å². The highest BCUT2D eigenvalue weighted by Gasteiger charge is 2.23. The van der Waals surface area contributed by atoms with Crippen molar-refractivity contribution in [3.8, 4) is 0 Å². The number of para-hydroxylation sites is 1. The van der Waals surface area contributed by atoms with Crippen LogP contribution in [0.15, 0.2) is 64.1 Å². The lowest BCUT2D eigenvalue weighted by Gasteiger charge is -2.34. The van der Waals surface area contributed by atoms with E-state index >= 15 is 0 Å². The van der Waals surface area contributed by atoms with Gasteiger partial charge in [0.25, 0.3) is 5.56 Å². The van der Waals surface area contributed by atoms with Crippen LogP contribution < -0.4 is 10.9 Å². The maximum Gasteiger partial charge on any atom is 0.297 e. The van der Waals surface area contributed by atoms with Crippen molar-refractivity contribution in [1.82, 2.24) is 19.4 Å². The molecule has 0 atom stereocenters. The van der Waals surface area contributed by atoms with Crippen LogP contribution in [-0.4, -0.2) is 63.9 Å². The number of halogens is 1. The summed E-state index contributed by atoms with van der Waals surface area (Å²) < 4.78 is 19.9. The van der Waals surface area contributed by atoms with Crippen molar-refractivity contribution < 1.29 is 18.4 Å². The van der Waals surface area contributed by atoms with Crippen LogP contribution in [0.2, 0.25) is 0 Å². The van der Waals surface area contributed by atoms with E-state index in [9.17, 15) is 18.8 Å². The summed E-state index contributed by atoms with van der Waals surface area (Å²) in [7, 11) is 0. The maximum atomic E-state index is 13.0.